The molecule has 11 heavy (non-hydrogen) atoms. The van der Waals surface area contributed by atoms with E-state index in [1.54, 1.807) is 0 Å². The van der Waals surface area contributed by atoms with Crippen molar-refractivity contribution in [2.24, 2.45) is 0 Å². The molecule has 0 aromatic carbocycles. The van der Waals surface area contributed by atoms with E-state index >= 15 is 0 Å². The summed E-state index contributed by atoms with van der Waals surface area (Å²) in [6.45, 7) is 1.75. The van der Waals surface area contributed by atoms with Crippen LogP contribution in [0.2, 0.25) is 0 Å². The van der Waals surface area contributed by atoms with Crippen molar-refractivity contribution >= 4 is 0 Å². The lowest BCUT2D eigenvalue weighted by molar-refractivity contribution is -0.0351. The van der Waals surface area contributed by atoms with Crippen LogP contribution in [-0.2, 0) is 4.74 Å². The molecule has 0 saturated carbocycles. The van der Waals surface area contributed by atoms with Gasteiger partial charge in [0.15, 0.2) is 0 Å². The van der Waals surface area contributed by atoms with E-state index in [2.05, 4.69) is 5.32 Å². The highest BCUT2D eigenvalue weighted by atomic mass is 19.1. The van der Waals surface area contributed by atoms with Crippen molar-refractivity contribution < 1.29 is 9.13 Å². The van der Waals surface area contributed by atoms with Gasteiger partial charge in [0.25, 0.3) is 0 Å². The van der Waals surface area contributed by atoms with Crippen LogP contribution in [0.5, 0.6) is 0 Å². The minimum absolute atomic E-state index is 0.286. The number of ether oxygens (including phenoxy) is 1. The molecule has 0 aromatic rings. The van der Waals surface area contributed by atoms with Crippen molar-refractivity contribution in [3.05, 3.63) is 0 Å². The third-order valence-electron chi connectivity index (χ3n) is 2.10. The molecule has 1 rings (SSSR count). The van der Waals surface area contributed by atoms with Gasteiger partial charge < -0.3 is 10.1 Å². The van der Waals surface area contributed by atoms with Crippen molar-refractivity contribution in [2.75, 3.05) is 26.8 Å². The Morgan fingerprint density at radius 2 is 2.45 bits per heavy atom. The lowest BCUT2D eigenvalue weighted by atomic mass is 9.95. The molecule has 1 unspecified atom stereocenters. The van der Waals surface area contributed by atoms with Crippen LogP contribution in [0.1, 0.15) is 19.3 Å². The number of rotatable bonds is 3. The van der Waals surface area contributed by atoms with Crippen LogP contribution in [0, 0.1) is 0 Å². The van der Waals surface area contributed by atoms with Gasteiger partial charge in [0, 0.05) is 6.61 Å². The first-order chi connectivity index (χ1) is 5.27. The maximum absolute atomic E-state index is 13.6. The normalized spacial score (nSPS) is 32.2. The van der Waals surface area contributed by atoms with Gasteiger partial charge in [-0.05, 0) is 32.9 Å². The molecule has 1 saturated heterocycles. The van der Waals surface area contributed by atoms with Crippen LogP contribution in [0.25, 0.3) is 0 Å². The van der Waals surface area contributed by atoms with E-state index in [0.717, 1.165) is 19.6 Å². The molecule has 0 amide bonds. The Bertz CT molecular complexity index is 113. The Labute approximate surface area is 67.1 Å². The van der Waals surface area contributed by atoms with E-state index in [1.165, 1.54) is 0 Å². The Morgan fingerprint density at radius 1 is 1.64 bits per heavy atom. The van der Waals surface area contributed by atoms with Crippen molar-refractivity contribution in [1.29, 1.82) is 0 Å². The van der Waals surface area contributed by atoms with Crippen molar-refractivity contribution in [3.8, 4) is 0 Å². The zero-order valence-electron chi connectivity index (χ0n) is 7.03. The SMILES string of the molecule is CNCCC1(F)CCCOC1. The highest BCUT2D eigenvalue weighted by Gasteiger charge is 2.31. The minimum atomic E-state index is -1.05. The fraction of sp³-hybridized carbons (Fsp3) is 1.00. The highest BCUT2D eigenvalue weighted by molar-refractivity contribution is 4.81. The highest BCUT2D eigenvalue weighted by Crippen LogP contribution is 2.26. The second-order valence-electron chi connectivity index (χ2n) is 3.16. The molecule has 1 fully saturated rings. The van der Waals surface area contributed by atoms with Gasteiger partial charge in [0.1, 0.15) is 5.67 Å². The summed E-state index contributed by atoms with van der Waals surface area (Å²) in [4.78, 5) is 0. The Hall–Kier alpha value is -0.150. The molecule has 1 heterocycles. The quantitative estimate of drug-likeness (QED) is 0.669. The van der Waals surface area contributed by atoms with Crippen LogP contribution in [-0.4, -0.2) is 32.5 Å². The molecule has 0 aromatic heterocycles. The van der Waals surface area contributed by atoms with E-state index < -0.39 is 5.67 Å². The first-order valence-electron chi connectivity index (χ1n) is 4.18. The Balaban J connectivity index is 2.25. The molecule has 0 radical (unpaired) electrons. The molecule has 0 aliphatic carbocycles. The van der Waals surface area contributed by atoms with Gasteiger partial charge in [-0.1, -0.05) is 0 Å². The second-order valence-corrected chi connectivity index (χ2v) is 3.16. The van der Waals surface area contributed by atoms with Crippen LogP contribution in [0.15, 0.2) is 0 Å². The van der Waals surface area contributed by atoms with Crippen molar-refractivity contribution in [1.82, 2.24) is 5.32 Å². The Morgan fingerprint density at radius 3 is 3.00 bits per heavy atom. The van der Waals surface area contributed by atoms with Crippen LogP contribution in [0.4, 0.5) is 4.39 Å². The number of hydrogen-bond donors (Lipinski definition) is 1. The predicted octanol–water partition coefficient (Wildman–Crippen LogP) is 1.11. The monoisotopic (exact) mass is 161 g/mol. The van der Waals surface area contributed by atoms with E-state index in [1.807, 2.05) is 7.05 Å². The average Bonchev–Trinajstić information content (AvgIpc) is 2.03. The fourth-order valence-electron chi connectivity index (χ4n) is 1.36. The molecule has 2 nitrogen and oxygen atoms in total. The molecule has 0 bridgehead atoms. The molecule has 0 spiro atoms. The maximum Gasteiger partial charge on any atom is 0.135 e. The predicted molar refractivity (Wildman–Crippen MR) is 42.4 cm³/mol. The van der Waals surface area contributed by atoms with Crippen LogP contribution in [0.3, 0.4) is 0 Å². The molecule has 1 aliphatic heterocycles. The van der Waals surface area contributed by atoms with Gasteiger partial charge in [-0.15, -0.1) is 0 Å². The van der Waals surface area contributed by atoms with Crippen molar-refractivity contribution in [3.63, 3.8) is 0 Å². The first kappa shape index (κ1) is 8.94. The number of halogens is 1. The zero-order valence-corrected chi connectivity index (χ0v) is 7.03. The van der Waals surface area contributed by atoms with Gasteiger partial charge in [-0.25, -0.2) is 4.39 Å². The third kappa shape index (κ3) is 2.75. The van der Waals surface area contributed by atoms with Gasteiger partial charge in [-0.2, -0.15) is 0 Å². The molecule has 1 aliphatic rings. The summed E-state index contributed by atoms with van der Waals surface area (Å²) in [5.74, 6) is 0. The molecule has 1 N–H and O–H groups in total. The second kappa shape index (κ2) is 4.02. The summed E-state index contributed by atoms with van der Waals surface area (Å²) in [6.07, 6.45) is 2.10. The molecular weight excluding hydrogens is 145 g/mol. The van der Waals surface area contributed by atoms with E-state index in [0.29, 0.717) is 12.8 Å². The minimum Gasteiger partial charge on any atom is -0.378 e. The first-order valence-corrected chi connectivity index (χ1v) is 4.18. The topological polar surface area (TPSA) is 21.3 Å². The van der Waals surface area contributed by atoms with Gasteiger partial charge in [-0.3, -0.25) is 0 Å². The summed E-state index contributed by atoms with van der Waals surface area (Å²) in [7, 11) is 1.84. The van der Waals surface area contributed by atoms with Crippen LogP contribution < -0.4 is 5.32 Å². The number of alkyl halides is 1. The lowest BCUT2D eigenvalue weighted by Gasteiger charge is -2.29. The van der Waals surface area contributed by atoms with Gasteiger partial charge in [0.2, 0.25) is 0 Å². The molecule has 1 atom stereocenters. The summed E-state index contributed by atoms with van der Waals surface area (Å²) in [5, 5.41) is 2.94. The third-order valence-corrected chi connectivity index (χ3v) is 2.10. The van der Waals surface area contributed by atoms with Gasteiger partial charge in [0.05, 0.1) is 6.61 Å². The zero-order chi connectivity index (χ0) is 8.16. The summed E-state index contributed by atoms with van der Waals surface area (Å²) in [5.41, 5.74) is -1.05. The van der Waals surface area contributed by atoms with Crippen molar-refractivity contribution in [2.45, 2.75) is 24.9 Å². The summed E-state index contributed by atoms with van der Waals surface area (Å²) in [6, 6.07) is 0. The van der Waals surface area contributed by atoms with E-state index in [9.17, 15) is 4.39 Å². The standard InChI is InChI=1S/C8H16FNO/c1-10-5-4-8(9)3-2-6-11-7-8/h10H,2-7H2,1H3. The molecule has 66 valence electrons. The largest absolute Gasteiger partial charge is 0.378 e. The smallest absolute Gasteiger partial charge is 0.135 e. The number of nitrogens with one attached hydrogen (secondary N) is 1. The van der Waals surface area contributed by atoms with E-state index in [-0.39, 0.29) is 6.61 Å². The lowest BCUT2D eigenvalue weighted by Crippen LogP contribution is -2.36. The maximum atomic E-state index is 13.6. The summed E-state index contributed by atoms with van der Waals surface area (Å²) >= 11 is 0. The Kier molecular flexibility index (Phi) is 3.27. The number of hydrogen-bond acceptors (Lipinski definition) is 2. The molecular formula is C8H16FNO. The van der Waals surface area contributed by atoms with Crippen LogP contribution >= 0.6 is 0 Å². The fourth-order valence-corrected chi connectivity index (χ4v) is 1.36. The summed E-state index contributed by atoms with van der Waals surface area (Å²) < 4.78 is 18.7. The van der Waals surface area contributed by atoms with E-state index in [4.69, 9.17) is 4.74 Å². The average molecular weight is 161 g/mol. The molecule has 3 heteroatoms. The van der Waals surface area contributed by atoms with Gasteiger partial charge >= 0.3 is 0 Å².